The number of rotatable bonds is 11. The predicted molar refractivity (Wildman–Crippen MR) is 266 cm³/mol. The first-order valence-corrected chi connectivity index (χ1v) is 25.5. The van der Waals surface area contributed by atoms with Gasteiger partial charge in [-0.15, -0.1) is 0 Å². The van der Waals surface area contributed by atoms with E-state index in [0.717, 1.165) is 0 Å². The fraction of sp³-hybridized carbons (Fsp3) is 0.395. The molecule has 8 atom stereocenters. The van der Waals surface area contributed by atoms with Crippen molar-refractivity contribution in [3.63, 3.8) is 0 Å². The Morgan fingerprint density at radius 2 is 1.25 bits per heavy atom. The molecule has 11 rings (SSSR count). The van der Waals surface area contributed by atoms with Gasteiger partial charge in [0.15, 0.2) is 47.0 Å². The van der Waals surface area contributed by atoms with Gasteiger partial charge in [0.25, 0.3) is 12.4 Å². The van der Waals surface area contributed by atoms with Crippen molar-refractivity contribution >= 4 is 83.5 Å². The molecule has 4 saturated heterocycles. The van der Waals surface area contributed by atoms with Gasteiger partial charge < -0.3 is 61.6 Å². The number of alkyl halides is 1. The van der Waals surface area contributed by atoms with Crippen molar-refractivity contribution in [2.75, 3.05) is 37.6 Å². The summed E-state index contributed by atoms with van der Waals surface area (Å²) in [7, 11) is -9.60. The Balaban J connectivity index is 0.000000270. The van der Waals surface area contributed by atoms with Gasteiger partial charge in [-0.1, -0.05) is 24.3 Å². The Kier molecular flexibility index (Phi) is 23.8. The van der Waals surface area contributed by atoms with Crippen LogP contribution in [0.1, 0.15) is 53.3 Å². The van der Waals surface area contributed by atoms with Gasteiger partial charge in [0.2, 0.25) is 0 Å². The third-order valence-corrected chi connectivity index (χ3v) is 12.7. The molecule has 5 aromatic heterocycles. The molecule has 4 aliphatic heterocycles. The average Bonchev–Trinajstić information content (AvgIpc) is 4.31. The Morgan fingerprint density at radius 3 is 1.73 bits per heavy atom. The first-order valence-electron chi connectivity index (χ1n) is 23.3. The molecule has 4 fully saturated rings. The number of nitrogen functional groups attached to an aromatic ring is 3. The van der Waals surface area contributed by atoms with Gasteiger partial charge >= 0.3 is 170 Å². The minimum Gasteiger partial charge on any atom is -1.00 e. The number of nitrogens with zero attached hydrogens (tertiary/aromatic N) is 8. The van der Waals surface area contributed by atoms with Gasteiger partial charge in [0.1, 0.15) is 60.3 Å². The van der Waals surface area contributed by atoms with E-state index < -0.39 is 112 Å². The maximum Gasteiger partial charge on any atom is 1.00 e. The number of aromatic nitrogens is 9. The Bertz CT molecular complexity index is 3710. The van der Waals surface area contributed by atoms with E-state index in [4.69, 9.17) is 66.4 Å². The molecule has 0 radical (unpaired) electrons. The maximum atomic E-state index is 12.5. The number of carbonyl (C=O) groups excluding carboxylic acids is 2. The van der Waals surface area contributed by atoms with Crippen LogP contribution >= 0.6 is 0 Å². The maximum absolute atomic E-state index is 12.5. The second-order valence-corrected chi connectivity index (χ2v) is 20.1. The molecule has 33 nitrogen and oxygen atoms in total. The zero-order valence-corrected chi connectivity index (χ0v) is 57.8. The molecule has 0 spiro atoms. The van der Waals surface area contributed by atoms with Crippen LogP contribution < -0.4 is 181 Å². The number of anilines is 3. The van der Waals surface area contributed by atoms with Crippen LogP contribution in [0.15, 0.2) is 87.8 Å². The zero-order valence-electron chi connectivity index (χ0n) is 45.6. The summed E-state index contributed by atoms with van der Waals surface area (Å²) in [5.74, 6) is -3.04. The Morgan fingerprint density at radius 1 is 0.790 bits per heavy atom. The number of amides is 1. The molecule has 0 saturated carbocycles. The monoisotopic (exact) mass is 1420 g/mol. The molecule has 0 unspecified atom stereocenters. The van der Waals surface area contributed by atoms with E-state index in [2.05, 4.69) is 48.4 Å². The normalized spacial score (nSPS) is 22.9. The number of para-hydroxylation sites is 2. The van der Waals surface area contributed by atoms with Gasteiger partial charge in [0.05, 0.1) is 50.9 Å². The van der Waals surface area contributed by atoms with Crippen molar-refractivity contribution in [1.82, 2.24) is 48.7 Å². The molecular weight excluding hydrogens is 1370 g/mol. The number of hydrogen-bond acceptors (Lipinski definition) is 28. The van der Waals surface area contributed by atoms with Crippen molar-refractivity contribution < 1.29 is 223 Å². The number of hydrogen-bond donors (Lipinski definition) is 6. The summed E-state index contributed by atoms with van der Waals surface area (Å²) >= 11 is 0. The first kappa shape index (κ1) is 66.5. The van der Waals surface area contributed by atoms with Gasteiger partial charge in [-0.2, -0.15) is 16.8 Å². The first-order chi connectivity index (χ1) is 37.8. The smallest absolute Gasteiger partial charge is 1.00 e. The number of benzene rings is 2. The largest absolute Gasteiger partial charge is 1.00 e. The standard InChI is InChI=1S/C20H23N7O7S.C13H18N6O6S.C8H5NO3.CH3F.CH2O3.2Cs.H/c1-20(2)33-14-12(7-31-35(29,30)26-18(28)10-5-3-4-6-11(10)21)32-19(15(14)34-20)27-9-25-13-16(22)23-8-24-17(13)27;1-13(2)24-8-6(3-22-26(15,20)21)23-12(9(8)25-13)19-5-18-7-10(14)16-4-17-11(7)19;10-7-5-3-1-2-4-6(5)9-8(11)12-7;1-2;2-1-4-3;;;/h3-6,8-9,12,14-15,19H,7,21H2,1-2H3,(H,26,28)(H2,22,23,24);4-6,8-9,12H,3H2,1-2H3,(H2,14,16,17)(H2,15,20,21);1-4H,(H,9,11);1H3;1,3H;;;/q;;;;;2*+1;-1/p-1/t12-,14-,15-,19-;6-,8-,9-,12-;;;;;;/m11....../s1/i;;;1D;;;;. The SMILES string of the molecule is CC1(C)O[C@@H]2[C@H](O1)[C@@H](COS(=O)(=O)NC(=O)c1ccccc1N)O[C@H]2n1cnc2c(N)ncnc21.CC1(C)O[C@@H]2[C@H](O1)[C@@H](COS(N)(=O)=O)O[C@H]2n1cnc2c(N)ncnc21.O=CO[O-].O=c1[nH]c2ccccc2c(=O)o1.[2H]CF.[Cs+].[Cs+].[H-]. The molecule has 9 heterocycles. The molecule has 7 aromatic rings. The quantitative estimate of drug-likeness (QED) is 0.0303. The number of fused-ring (bicyclic) bond motifs is 5. The molecule has 2 aromatic carbocycles. The second kappa shape index (κ2) is 29.0. The van der Waals surface area contributed by atoms with Crippen LogP contribution in [0.2, 0.25) is 0 Å². The fourth-order valence-corrected chi connectivity index (χ4v) is 9.45. The summed E-state index contributed by atoms with van der Waals surface area (Å²) in [6, 6.07) is 12.7. The van der Waals surface area contributed by atoms with Crippen molar-refractivity contribution in [3.05, 3.63) is 100 Å². The second-order valence-electron chi connectivity index (χ2n) is 17.5. The summed E-state index contributed by atoms with van der Waals surface area (Å²) in [6.07, 6.45) is 0.181. The molecule has 4 aliphatic rings. The molecule has 10 N–H and O–H groups in total. The number of imidazole rings is 2. The molecular formula is C43H51Cs2FN14O19S2. The molecule has 0 bridgehead atoms. The van der Waals surface area contributed by atoms with Gasteiger partial charge in [-0.25, -0.2) is 49.4 Å². The minimum atomic E-state index is -4.49. The summed E-state index contributed by atoms with van der Waals surface area (Å²) in [5, 5.41) is 13.7. The predicted octanol–water partition coefficient (Wildman–Crippen LogP) is -7.23. The summed E-state index contributed by atoms with van der Waals surface area (Å²) < 4.78 is 118. The number of aromatic amines is 1. The number of halogens is 1. The topological polar surface area (TPSA) is 475 Å². The molecule has 38 heteroatoms. The number of carbonyl (C=O) groups is 2. The van der Waals surface area contributed by atoms with E-state index in [1.54, 1.807) is 73.2 Å². The van der Waals surface area contributed by atoms with Crippen molar-refractivity contribution in [2.45, 2.75) is 88.3 Å². The van der Waals surface area contributed by atoms with Crippen LogP contribution in [0.3, 0.4) is 0 Å². The van der Waals surface area contributed by atoms with Gasteiger partial charge in [-0.3, -0.25) is 36.5 Å². The summed E-state index contributed by atoms with van der Waals surface area (Å²) in [6.45, 7) is 6.03. The number of nitrogens with one attached hydrogen (secondary N) is 2. The van der Waals surface area contributed by atoms with Crippen molar-refractivity contribution in [3.8, 4) is 0 Å². The number of H-pyrrole nitrogens is 1. The van der Waals surface area contributed by atoms with E-state index >= 15 is 0 Å². The van der Waals surface area contributed by atoms with Crippen LogP contribution in [-0.4, -0.2) is 142 Å². The van der Waals surface area contributed by atoms with Crippen LogP contribution in [0.5, 0.6) is 0 Å². The number of ether oxygens (including phenoxy) is 6. The van der Waals surface area contributed by atoms with Crippen LogP contribution in [0, 0.1) is 0 Å². The van der Waals surface area contributed by atoms with E-state index in [0.29, 0.717) is 33.2 Å². The molecule has 428 valence electrons. The van der Waals surface area contributed by atoms with E-state index in [1.807, 2.05) is 4.72 Å². The molecule has 81 heavy (non-hydrogen) atoms. The zero-order chi connectivity index (χ0) is 58.3. The van der Waals surface area contributed by atoms with Crippen LogP contribution in [-0.2, 0) is 67.1 Å². The van der Waals surface area contributed by atoms with Gasteiger partial charge in [-0.05, 0) is 52.0 Å². The van der Waals surface area contributed by atoms with Crippen LogP contribution in [0.4, 0.5) is 21.7 Å². The minimum absolute atomic E-state index is 0. The summed E-state index contributed by atoms with van der Waals surface area (Å²) in [5.41, 5.74) is 19.1. The molecule has 0 aliphatic carbocycles. The van der Waals surface area contributed by atoms with Crippen molar-refractivity contribution in [2.24, 2.45) is 5.14 Å². The van der Waals surface area contributed by atoms with E-state index in [1.165, 1.54) is 37.4 Å². The third kappa shape index (κ3) is 16.8. The average molecular weight is 1420 g/mol. The van der Waals surface area contributed by atoms with Crippen molar-refractivity contribution in [1.29, 1.82) is 0 Å². The fourth-order valence-electron chi connectivity index (χ4n) is 8.41. The molecule has 1 amide bonds. The van der Waals surface area contributed by atoms with Crippen LogP contribution in [0.25, 0.3) is 33.2 Å². The number of nitrogens with two attached hydrogens (primary N) is 4. The van der Waals surface area contributed by atoms with Gasteiger partial charge in [0, 0.05) is 5.69 Å². The summed E-state index contributed by atoms with van der Waals surface area (Å²) in [4.78, 5) is 72.4. The van der Waals surface area contributed by atoms with E-state index in [-0.39, 0.29) is 175 Å². The Labute approximate surface area is 578 Å². The van der Waals surface area contributed by atoms with E-state index in [9.17, 15) is 35.6 Å². The third-order valence-electron chi connectivity index (χ3n) is 11.4. The Hall–Kier alpha value is -3.65.